The lowest BCUT2D eigenvalue weighted by Gasteiger charge is -2.17. The van der Waals surface area contributed by atoms with Gasteiger partial charge < -0.3 is 10.6 Å². The molecule has 0 spiro atoms. The molecule has 0 bridgehead atoms. The standard InChI is InChI=1S/C18H27N3O2S/c1-2-19-17(20-12-15-8-11-24(22,23)13-15)21-14-18(9-10-18)16-6-4-3-5-7-16/h3-7,15H,2,8-14H2,1H3,(H2,19,20,21). The molecule has 1 saturated heterocycles. The first-order chi connectivity index (χ1) is 11.5. The third kappa shape index (κ3) is 4.29. The first-order valence-electron chi connectivity index (χ1n) is 8.81. The molecule has 2 fully saturated rings. The second-order valence-corrected chi connectivity index (χ2v) is 9.22. The number of benzene rings is 1. The van der Waals surface area contributed by atoms with Crippen molar-refractivity contribution < 1.29 is 8.42 Å². The number of nitrogens with zero attached hydrogens (tertiary/aromatic N) is 1. The predicted molar refractivity (Wildman–Crippen MR) is 98.1 cm³/mol. The minimum atomic E-state index is -2.82. The quantitative estimate of drug-likeness (QED) is 0.606. The highest BCUT2D eigenvalue weighted by Crippen LogP contribution is 2.48. The third-order valence-corrected chi connectivity index (χ3v) is 6.85. The Balaban J connectivity index is 1.58. The van der Waals surface area contributed by atoms with Gasteiger partial charge in [0.25, 0.3) is 0 Å². The Bertz CT molecular complexity index is 681. The van der Waals surface area contributed by atoms with E-state index in [1.165, 1.54) is 18.4 Å². The van der Waals surface area contributed by atoms with Crippen LogP contribution in [-0.4, -0.2) is 45.5 Å². The van der Waals surface area contributed by atoms with Crippen LogP contribution in [0.4, 0.5) is 0 Å². The summed E-state index contributed by atoms with van der Waals surface area (Å²) < 4.78 is 23.1. The van der Waals surface area contributed by atoms with Gasteiger partial charge in [0.05, 0.1) is 18.1 Å². The van der Waals surface area contributed by atoms with Crippen molar-refractivity contribution in [2.45, 2.75) is 31.6 Å². The van der Waals surface area contributed by atoms with Crippen LogP contribution in [-0.2, 0) is 15.3 Å². The summed E-state index contributed by atoms with van der Waals surface area (Å²) in [6.07, 6.45) is 3.12. The molecule has 132 valence electrons. The first kappa shape index (κ1) is 17.3. The molecule has 1 heterocycles. The van der Waals surface area contributed by atoms with E-state index in [1.54, 1.807) is 0 Å². The zero-order valence-corrected chi connectivity index (χ0v) is 15.1. The maximum atomic E-state index is 11.6. The van der Waals surface area contributed by atoms with E-state index in [9.17, 15) is 8.42 Å². The van der Waals surface area contributed by atoms with Crippen molar-refractivity contribution >= 4 is 15.8 Å². The van der Waals surface area contributed by atoms with E-state index in [1.807, 2.05) is 13.0 Å². The Labute approximate surface area is 144 Å². The summed E-state index contributed by atoms with van der Waals surface area (Å²) in [5.41, 5.74) is 1.56. The van der Waals surface area contributed by atoms with Gasteiger partial charge in [-0.25, -0.2) is 8.42 Å². The molecule has 0 aromatic heterocycles. The summed E-state index contributed by atoms with van der Waals surface area (Å²) in [4.78, 5) is 4.77. The Kier molecular flexibility index (Phi) is 5.13. The predicted octanol–water partition coefficient (Wildman–Crippen LogP) is 1.71. The van der Waals surface area contributed by atoms with Crippen molar-refractivity contribution in [3.8, 4) is 0 Å². The Morgan fingerprint density at radius 3 is 2.58 bits per heavy atom. The van der Waals surface area contributed by atoms with Crippen LogP contribution in [0.3, 0.4) is 0 Å². The lowest BCUT2D eigenvalue weighted by atomic mass is 9.96. The Hall–Kier alpha value is -1.56. The molecule has 1 atom stereocenters. The molecule has 2 aliphatic rings. The van der Waals surface area contributed by atoms with E-state index in [2.05, 4.69) is 34.9 Å². The zero-order valence-electron chi connectivity index (χ0n) is 14.3. The zero-order chi connectivity index (χ0) is 17.0. The summed E-state index contributed by atoms with van der Waals surface area (Å²) in [5.74, 6) is 1.61. The molecular formula is C18H27N3O2S. The molecule has 0 radical (unpaired) electrons. The molecule has 1 saturated carbocycles. The molecule has 24 heavy (non-hydrogen) atoms. The number of hydrogen-bond acceptors (Lipinski definition) is 3. The average molecular weight is 350 g/mol. The third-order valence-electron chi connectivity index (χ3n) is 5.01. The van der Waals surface area contributed by atoms with E-state index in [-0.39, 0.29) is 11.3 Å². The van der Waals surface area contributed by atoms with Gasteiger partial charge in [0.2, 0.25) is 0 Å². The highest BCUT2D eigenvalue weighted by molar-refractivity contribution is 7.91. The molecule has 2 N–H and O–H groups in total. The highest BCUT2D eigenvalue weighted by Gasteiger charge is 2.44. The maximum Gasteiger partial charge on any atom is 0.191 e. The number of nitrogens with one attached hydrogen (secondary N) is 2. The number of hydrogen-bond donors (Lipinski definition) is 2. The molecule has 1 aliphatic heterocycles. The van der Waals surface area contributed by atoms with Crippen LogP contribution >= 0.6 is 0 Å². The van der Waals surface area contributed by atoms with E-state index < -0.39 is 9.84 Å². The fraction of sp³-hybridized carbons (Fsp3) is 0.611. The van der Waals surface area contributed by atoms with Crippen LogP contribution in [0.5, 0.6) is 0 Å². The Morgan fingerprint density at radius 2 is 2.00 bits per heavy atom. The summed E-state index contributed by atoms with van der Waals surface area (Å²) in [6, 6.07) is 10.6. The monoisotopic (exact) mass is 349 g/mol. The molecule has 1 aromatic carbocycles. The number of aliphatic imine (C=N–C) groups is 1. The topological polar surface area (TPSA) is 70.6 Å². The van der Waals surface area contributed by atoms with Crippen molar-refractivity contribution in [1.29, 1.82) is 0 Å². The van der Waals surface area contributed by atoms with Gasteiger partial charge in [0.15, 0.2) is 15.8 Å². The van der Waals surface area contributed by atoms with Crippen LogP contribution in [0.1, 0.15) is 31.7 Å². The van der Waals surface area contributed by atoms with Gasteiger partial charge in [-0.05, 0) is 37.7 Å². The Morgan fingerprint density at radius 1 is 1.25 bits per heavy atom. The van der Waals surface area contributed by atoms with Crippen LogP contribution in [0.15, 0.2) is 35.3 Å². The van der Waals surface area contributed by atoms with Crippen molar-refractivity contribution in [3.05, 3.63) is 35.9 Å². The van der Waals surface area contributed by atoms with Gasteiger partial charge >= 0.3 is 0 Å². The van der Waals surface area contributed by atoms with Crippen LogP contribution < -0.4 is 10.6 Å². The minimum Gasteiger partial charge on any atom is -0.357 e. The van der Waals surface area contributed by atoms with Gasteiger partial charge in [-0.1, -0.05) is 30.3 Å². The van der Waals surface area contributed by atoms with Crippen molar-refractivity contribution in [2.75, 3.05) is 31.1 Å². The second-order valence-electron chi connectivity index (χ2n) is 6.99. The summed E-state index contributed by atoms with van der Waals surface area (Å²) in [5, 5.41) is 6.60. The molecule has 1 aliphatic carbocycles. The molecule has 5 nitrogen and oxygen atoms in total. The van der Waals surface area contributed by atoms with Crippen LogP contribution in [0, 0.1) is 5.92 Å². The lowest BCUT2D eigenvalue weighted by Crippen LogP contribution is -2.40. The fourth-order valence-corrected chi connectivity index (χ4v) is 5.19. The first-order valence-corrected chi connectivity index (χ1v) is 10.6. The minimum absolute atomic E-state index is 0.195. The number of guanidine groups is 1. The maximum absolute atomic E-state index is 11.6. The molecule has 1 aromatic rings. The highest BCUT2D eigenvalue weighted by atomic mass is 32.2. The van der Waals surface area contributed by atoms with Crippen LogP contribution in [0.2, 0.25) is 0 Å². The lowest BCUT2D eigenvalue weighted by molar-refractivity contribution is 0.566. The second kappa shape index (κ2) is 7.13. The summed E-state index contributed by atoms with van der Waals surface area (Å²) in [6.45, 7) is 4.28. The van der Waals surface area contributed by atoms with Crippen molar-refractivity contribution in [1.82, 2.24) is 10.6 Å². The number of sulfone groups is 1. The van der Waals surface area contributed by atoms with Crippen LogP contribution in [0.25, 0.3) is 0 Å². The molecule has 1 unspecified atom stereocenters. The van der Waals surface area contributed by atoms with Gasteiger partial charge in [0.1, 0.15) is 0 Å². The normalized spacial score (nSPS) is 24.5. The number of rotatable bonds is 6. The van der Waals surface area contributed by atoms with E-state index >= 15 is 0 Å². The molecule has 6 heteroatoms. The molecular weight excluding hydrogens is 322 g/mol. The van der Waals surface area contributed by atoms with Gasteiger partial charge in [-0.15, -0.1) is 0 Å². The molecule has 0 amide bonds. The van der Waals surface area contributed by atoms with Gasteiger partial charge in [0, 0.05) is 18.5 Å². The van der Waals surface area contributed by atoms with E-state index in [0.717, 1.165) is 25.5 Å². The smallest absolute Gasteiger partial charge is 0.191 e. The van der Waals surface area contributed by atoms with E-state index in [0.29, 0.717) is 18.1 Å². The summed E-state index contributed by atoms with van der Waals surface area (Å²) >= 11 is 0. The van der Waals surface area contributed by atoms with E-state index in [4.69, 9.17) is 4.99 Å². The SMILES string of the molecule is CCNC(=NCC1(c2ccccc2)CC1)NCC1CCS(=O)(=O)C1. The summed E-state index contributed by atoms with van der Waals surface area (Å²) in [7, 11) is -2.82. The fourth-order valence-electron chi connectivity index (χ4n) is 3.33. The molecule has 3 rings (SSSR count). The van der Waals surface area contributed by atoms with Gasteiger partial charge in [-0.2, -0.15) is 0 Å². The van der Waals surface area contributed by atoms with Gasteiger partial charge in [-0.3, -0.25) is 4.99 Å². The largest absolute Gasteiger partial charge is 0.357 e. The van der Waals surface area contributed by atoms with Crippen molar-refractivity contribution in [3.63, 3.8) is 0 Å². The average Bonchev–Trinajstić information content (AvgIpc) is 3.29. The van der Waals surface area contributed by atoms with Crippen molar-refractivity contribution in [2.24, 2.45) is 10.9 Å².